The molecular formula is C23H31F5O5. The molecule has 0 spiro atoms. The zero-order valence-corrected chi connectivity index (χ0v) is 18.7. The van der Waals surface area contributed by atoms with Gasteiger partial charge in [0.05, 0.1) is 26.4 Å². The minimum absolute atomic E-state index is 0.0378. The lowest BCUT2D eigenvalue weighted by molar-refractivity contribution is -0.220. The van der Waals surface area contributed by atoms with Crippen LogP contribution in [-0.2, 0) is 18.9 Å². The summed E-state index contributed by atoms with van der Waals surface area (Å²) >= 11 is 0. The van der Waals surface area contributed by atoms with Crippen LogP contribution in [0, 0.1) is 23.5 Å². The average Bonchev–Trinajstić information content (AvgIpc) is 2.78. The minimum atomic E-state index is -4.70. The molecule has 2 saturated heterocycles. The van der Waals surface area contributed by atoms with Crippen LogP contribution in [0.15, 0.2) is 12.1 Å². The number of benzene rings is 1. The van der Waals surface area contributed by atoms with Gasteiger partial charge in [-0.05, 0) is 31.4 Å². The molecule has 2 fully saturated rings. The summed E-state index contributed by atoms with van der Waals surface area (Å²) in [6, 6.07) is 1.72. The Balaban J connectivity index is 1.39. The van der Waals surface area contributed by atoms with E-state index in [1.54, 1.807) is 0 Å². The summed E-state index contributed by atoms with van der Waals surface area (Å²) < 4.78 is 91.9. The zero-order chi connectivity index (χ0) is 23.8. The van der Waals surface area contributed by atoms with Gasteiger partial charge in [0.1, 0.15) is 0 Å². The van der Waals surface area contributed by atoms with Gasteiger partial charge in [-0.15, -0.1) is 0 Å². The van der Waals surface area contributed by atoms with Crippen LogP contribution >= 0.6 is 0 Å². The lowest BCUT2D eigenvalue weighted by Gasteiger charge is -2.32. The van der Waals surface area contributed by atoms with E-state index >= 15 is 0 Å². The van der Waals surface area contributed by atoms with Crippen molar-refractivity contribution in [2.45, 2.75) is 64.2 Å². The fraction of sp³-hybridized carbons (Fsp3) is 0.739. The largest absolute Gasteiger partial charge is 0.478 e. The van der Waals surface area contributed by atoms with Crippen molar-refractivity contribution < 1.29 is 45.6 Å². The molecule has 0 unspecified atom stereocenters. The van der Waals surface area contributed by atoms with Gasteiger partial charge in [-0.3, -0.25) is 0 Å². The number of hydrogen-bond donors (Lipinski definition) is 0. The molecule has 0 radical (unpaired) electrons. The van der Waals surface area contributed by atoms with Crippen molar-refractivity contribution in [3.8, 4) is 5.75 Å². The highest BCUT2D eigenvalue weighted by molar-refractivity contribution is 5.32. The number of alkyl halides is 3. The van der Waals surface area contributed by atoms with Crippen molar-refractivity contribution >= 4 is 0 Å². The molecule has 2 aliphatic rings. The first-order valence-electron chi connectivity index (χ1n) is 11.4. The molecule has 1 aromatic rings. The van der Waals surface area contributed by atoms with Gasteiger partial charge in [0.15, 0.2) is 36.6 Å². The quantitative estimate of drug-likeness (QED) is 0.306. The number of rotatable bonds is 10. The van der Waals surface area contributed by atoms with Gasteiger partial charge in [-0.1, -0.05) is 26.2 Å². The average molecular weight is 482 g/mol. The number of ether oxygens (including phenoxy) is 5. The Bertz CT molecular complexity index is 705. The molecule has 33 heavy (non-hydrogen) atoms. The van der Waals surface area contributed by atoms with E-state index in [0.717, 1.165) is 25.0 Å². The summed E-state index contributed by atoms with van der Waals surface area (Å²) in [6.45, 7) is 2.42. The minimum Gasteiger partial charge on any atom is -0.478 e. The Morgan fingerprint density at radius 3 is 2.00 bits per heavy atom. The molecule has 1 aromatic carbocycles. The summed E-state index contributed by atoms with van der Waals surface area (Å²) in [4.78, 5) is 0. The third-order valence-corrected chi connectivity index (χ3v) is 5.70. The van der Waals surface area contributed by atoms with E-state index in [1.165, 1.54) is 19.3 Å². The molecule has 0 bridgehead atoms. The second kappa shape index (κ2) is 12.3. The van der Waals surface area contributed by atoms with Crippen molar-refractivity contribution in [1.29, 1.82) is 0 Å². The molecule has 0 aliphatic carbocycles. The Hall–Kier alpha value is -1.49. The van der Waals surface area contributed by atoms with Gasteiger partial charge in [-0.25, -0.2) is 8.78 Å². The third kappa shape index (κ3) is 8.35. The Kier molecular flexibility index (Phi) is 9.72. The molecule has 0 N–H and O–H groups in total. The smallest absolute Gasteiger partial charge is 0.422 e. The first-order chi connectivity index (χ1) is 15.7. The van der Waals surface area contributed by atoms with Crippen molar-refractivity contribution in [3.05, 3.63) is 29.3 Å². The first-order valence-corrected chi connectivity index (χ1v) is 11.4. The van der Waals surface area contributed by atoms with Gasteiger partial charge in [0, 0.05) is 17.4 Å². The van der Waals surface area contributed by atoms with Gasteiger partial charge in [0.2, 0.25) is 0 Å². The number of halogens is 5. The van der Waals surface area contributed by atoms with Crippen LogP contribution in [0.4, 0.5) is 22.0 Å². The molecule has 2 heterocycles. The molecular weight excluding hydrogens is 451 g/mol. The van der Waals surface area contributed by atoms with Crippen molar-refractivity contribution in [1.82, 2.24) is 0 Å². The van der Waals surface area contributed by atoms with Gasteiger partial charge >= 0.3 is 6.18 Å². The summed E-state index contributed by atoms with van der Waals surface area (Å²) in [7, 11) is 0. The van der Waals surface area contributed by atoms with Crippen LogP contribution in [0.3, 0.4) is 0 Å². The van der Waals surface area contributed by atoms with E-state index in [0.29, 0.717) is 38.8 Å². The highest BCUT2D eigenvalue weighted by Gasteiger charge is 2.31. The summed E-state index contributed by atoms with van der Waals surface area (Å²) in [6.07, 6.45) is 0.184. The molecule has 10 heteroatoms. The zero-order valence-electron chi connectivity index (χ0n) is 18.7. The molecule has 0 amide bonds. The Morgan fingerprint density at radius 2 is 1.42 bits per heavy atom. The van der Waals surface area contributed by atoms with E-state index in [2.05, 4.69) is 11.7 Å². The number of hydrogen-bond acceptors (Lipinski definition) is 5. The highest BCUT2D eigenvalue weighted by Crippen LogP contribution is 2.33. The molecule has 188 valence electrons. The van der Waals surface area contributed by atoms with Crippen LogP contribution in [0.1, 0.15) is 57.3 Å². The normalized spacial score (nSPS) is 26.4. The fourth-order valence-corrected chi connectivity index (χ4v) is 3.88. The van der Waals surface area contributed by atoms with E-state index in [4.69, 9.17) is 18.9 Å². The van der Waals surface area contributed by atoms with Gasteiger partial charge in [0.25, 0.3) is 0 Å². The summed E-state index contributed by atoms with van der Waals surface area (Å²) in [5.74, 6) is -3.06. The third-order valence-electron chi connectivity index (χ3n) is 5.70. The van der Waals surface area contributed by atoms with E-state index in [-0.39, 0.29) is 17.8 Å². The van der Waals surface area contributed by atoms with Gasteiger partial charge < -0.3 is 23.7 Å². The van der Waals surface area contributed by atoms with Crippen LogP contribution in [0.2, 0.25) is 0 Å². The maximum atomic E-state index is 14.1. The molecule has 2 aliphatic heterocycles. The number of unbranched alkanes of at least 4 members (excludes halogenated alkanes) is 2. The SMILES string of the molecule is CCCCCC1COC(CCC2COC(c3cc(F)c(OCC(F)(F)F)c(F)c3)OC2)OC1. The summed E-state index contributed by atoms with van der Waals surface area (Å²) in [5, 5.41) is 0. The predicted octanol–water partition coefficient (Wildman–Crippen LogP) is 5.92. The standard InChI is InChI=1S/C23H31F5O5/c1-2-3-4-5-15-10-29-20(30-11-15)7-6-16-12-31-22(32-13-16)17-8-18(24)21(19(25)9-17)33-14-23(26,27)28/h8-9,15-16,20,22H,2-7,10-14H2,1H3. The van der Waals surface area contributed by atoms with Crippen LogP contribution in [0.5, 0.6) is 5.75 Å². The molecule has 0 aromatic heterocycles. The van der Waals surface area contributed by atoms with Crippen molar-refractivity contribution in [2.75, 3.05) is 33.0 Å². The lowest BCUT2D eigenvalue weighted by atomic mass is 10.0. The van der Waals surface area contributed by atoms with E-state index < -0.39 is 36.5 Å². The van der Waals surface area contributed by atoms with Crippen molar-refractivity contribution in [3.63, 3.8) is 0 Å². The van der Waals surface area contributed by atoms with Crippen LogP contribution in [-0.4, -0.2) is 45.5 Å². The topological polar surface area (TPSA) is 46.2 Å². The molecule has 3 rings (SSSR count). The lowest BCUT2D eigenvalue weighted by Crippen LogP contribution is -2.33. The second-order valence-electron chi connectivity index (χ2n) is 8.62. The highest BCUT2D eigenvalue weighted by atomic mass is 19.4. The predicted molar refractivity (Wildman–Crippen MR) is 109 cm³/mol. The molecule has 5 nitrogen and oxygen atoms in total. The maximum absolute atomic E-state index is 14.1. The monoisotopic (exact) mass is 482 g/mol. The maximum Gasteiger partial charge on any atom is 0.422 e. The molecule has 0 atom stereocenters. The van der Waals surface area contributed by atoms with Crippen molar-refractivity contribution in [2.24, 2.45) is 11.8 Å². The Morgan fingerprint density at radius 1 is 0.848 bits per heavy atom. The van der Waals surface area contributed by atoms with Crippen LogP contribution in [0.25, 0.3) is 0 Å². The van der Waals surface area contributed by atoms with Crippen LogP contribution < -0.4 is 4.74 Å². The second-order valence-corrected chi connectivity index (χ2v) is 8.62. The fourth-order valence-electron chi connectivity index (χ4n) is 3.88. The molecule has 0 saturated carbocycles. The van der Waals surface area contributed by atoms with E-state index in [1.807, 2.05) is 0 Å². The Labute approximate surface area is 190 Å². The van der Waals surface area contributed by atoms with Gasteiger partial charge in [-0.2, -0.15) is 13.2 Å². The van der Waals surface area contributed by atoms with E-state index in [9.17, 15) is 22.0 Å². The first kappa shape index (κ1) is 26.1. The summed E-state index contributed by atoms with van der Waals surface area (Å²) in [5.41, 5.74) is 0.0378.